The number of fused-ring (bicyclic) bond motifs is 1. The van der Waals surface area contributed by atoms with Crippen molar-refractivity contribution >= 4 is 0 Å². The quantitative estimate of drug-likeness (QED) is 0.725. The molecular weight excluding hydrogens is 166 g/mol. The van der Waals surface area contributed by atoms with E-state index >= 15 is 0 Å². The number of H-pyrrole nitrogens is 1. The van der Waals surface area contributed by atoms with Crippen LogP contribution < -0.4 is 5.73 Å². The van der Waals surface area contributed by atoms with Gasteiger partial charge in [-0.05, 0) is 13.3 Å². The van der Waals surface area contributed by atoms with Gasteiger partial charge in [0.2, 0.25) is 0 Å². The lowest BCUT2D eigenvalue weighted by Crippen LogP contribution is -2.11. The van der Waals surface area contributed by atoms with Gasteiger partial charge in [-0.25, -0.2) is 4.98 Å². The molecule has 0 bridgehead atoms. The average Bonchev–Trinajstić information content (AvgIpc) is 2.67. The van der Waals surface area contributed by atoms with Crippen molar-refractivity contribution in [1.82, 2.24) is 9.97 Å². The highest BCUT2D eigenvalue weighted by atomic mass is 16.5. The van der Waals surface area contributed by atoms with Crippen molar-refractivity contribution in [3.05, 3.63) is 17.2 Å². The maximum Gasteiger partial charge on any atom is 0.123 e. The first kappa shape index (κ1) is 8.72. The molecule has 1 aromatic heterocycles. The van der Waals surface area contributed by atoms with Crippen LogP contribution in [0.1, 0.15) is 49.6 Å². The summed E-state index contributed by atoms with van der Waals surface area (Å²) in [6.07, 6.45) is 1.02. The summed E-state index contributed by atoms with van der Waals surface area (Å²) in [6, 6.07) is 0.0257. The Bertz CT molecular complexity index is 308. The number of rotatable bonds is 2. The van der Waals surface area contributed by atoms with E-state index < -0.39 is 0 Å². The molecule has 0 fully saturated rings. The largest absolute Gasteiger partial charge is 0.366 e. The predicted molar refractivity (Wildman–Crippen MR) is 49.0 cm³/mol. The number of ether oxygens (including phenoxy) is 1. The first-order valence-electron chi connectivity index (χ1n) is 4.68. The SMILES string of the molecule is CC[C@H](N)c1nc2c([nH]1)COC2C. The number of hydrogen-bond donors (Lipinski definition) is 2. The molecule has 3 N–H and O–H groups in total. The molecule has 2 rings (SSSR count). The van der Waals surface area contributed by atoms with Gasteiger partial charge in [-0.1, -0.05) is 6.92 Å². The van der Waals surface area contributed by atoms with Crippen LogP contribution in [0, 0.1) is 0 Å². The molecule has 0 spiro atoms. The molecule has 0 saturated heterocycles. The van der Waals surface area contributed by atoms with E-state index in [0.717, 1.165) is 23.6 Å². The summed E-state index contributed by atoms with van der Waals surface area (Å²) in [5.74, 6) is 0.891. The van der Waals surface area contributed by atoms with E-state index in [1.54, 1.807) is 0 Å². The monoisotopic (exact) mass is 181 g/mol. The Morgan fingerprint density at radius 2 is 2.54 bits per heavy atom. The molecule has 4 nitrogen and oxygen atoms in total. The Morgan fingerprint density at radius 3 is 3.15 bits per heavy atom. The third-order valence-corrected chi connectivity index (χ3v) is 2.48. The van der Waals surface area contributed by atoms with Crippen molar-refractivity contribution in [1.29, 1.82) is 0 Å². The topological polar surface area (TPSA) is 63.9 Å². The maximum atomic E-state index is 5.87. The standard InChI is InChI=1S/C9H15N3O/c1-3-6(10)9-11-7-4-13-5(2)8(7)12-9/h5-6H,3-4,10H2,1-2H3,(H,11,12)/t5?,6-/m0/s1. The van der Waals surface area contributed by atoms with E-state index in [2.05, 4.69) is 16.9 Å². The molecule has 1 aliphatic rings. The van der Waals surface area contributed by atoms with Crippen molar-refractivity contribution in [2.75, 3.05) is 0 Å². The normalized spacial score (nSPS) is 23.2. The Balaban J connectivity index is 2.28. The molecule has 2 heterocycles. The highest BCUT2D eigenvalue weighted by Crippen LogP contribution is 2.29. The Kier molecular flexibility index (Phi) is 2.09. The summed E-state index contributed by atoms with van der Waals surface area (Å²) >= 11 is 0. The van der Waals surface area contributed by atoms with Crippen LogP contribution in [0.15, 0.2) is 0 Å². The fourth-order valence-electron chi connectivity index (χ4n) is 1.55. The van der Waals surface area contributed by atoms with Gasteiger partial charge in [-0.3, -0.25) is 0 Å². The number of aromatic nitrogens is 2. The zero-order chi connectivity index (χ0) is 9.42. The van der Waals surface area contributed by atoms with Gasteiger partial charge in [0, 0.05) is 0 Å². The predicted octanol–water partition coefficient (Wildman–Crippen LogP) is 1.41. The van der Waals surface area contributed by atoms with E-state index in [-0.39, 0.29) is 12.1 Å². The molecular formula is C9H15N3O. The molecule has 1 aliphatic heterocycles. The van der Waals surface area contributed by atoms with Crippen LogP contribution in [0.4, 0.5) is 0 Å². The zero-order valence-electron chi connectivity index (χ0n) is 8.00. The average molecular weight is 181 g/mol. The second kappa shape index (κ2) is 3.12. The minimum Gasteiger partial charge on any atom is -0.366 e. The van der Waals surface area contributed by atoms with Crippen LogP contribution in [0.5, 0.6) is 0 Å². The fraction of sp³-hybridized carbons (Fsp3) is 0.667. The first-order valence-corrected chi connectivity index (χ1v) is 4.68. The van der Waals surface area contributed by atoms with Gasteiger partial charge in [0.05, 0.1) is 30.1 Å². The smallest absolute Gasteiger partial charge is 0.123 e. The van der Waals surface area contributed by atoms with Crippen molar-refractivity contribution < 1.29 is 4.74 Å². The Morgan fingerprint density at radius 1 is 1.77 bits per heavy atom. The lowest BCUT2D eigenvalue weighted by molar-refractivity contribution is 0.0757. The van der Waals surface area contributed by atoms with Gasteiger partial charge in [0.1, 0.15) is 5.82 Å². The number of nitrogens with two attached hydrogens (primary N) is 1. The van der Waals surface area contributed by atoms with E-state index in [9.17, 15) is 0 Å². The lowest BCUT2D eigenvalue weighted by atomic mass is 10.2. The Hall–Kier alpha value is -0.870. The molecule has 0 aliphatic carbocycles. The minimum absolute atomic E-state index is 0.0257. The number of nitrogens with zero attached hydrogens (tertiary/aromatic N) is 1. The summed E-state index contributed by atoms with van der Waals surface area (Å²) < 4.78 is 5.40. The fourth-order valence-corrected chi connectivity index (χ4v) is 1.55. The molecule has 0 aromatic carbocycles. The summed E-state index contributed by atoms with van der Waals surface area (Å²) in [4.78, 5) is 7.65. The van der Waals surface area contributed by atoms with Gasteiger partial charge in [0.25, 0.3) is 0 Å². The summed E-state index contributed by atoms with van der Waals surface area (Å²) in [7, 11) is 0. The van der Waals surface area contributed by atoms with Crippen molar-refractivity contribution in [2.24, 2.45) is 5.73 Å². The molecule has 0 saturated carbocycles. The van der Waals surface area contributed by atoms with E-state index in [0.29, 0.717) is 6.61 Å². The molecule has 0 radical (unpaired) electrons. The van der Waals surface area contributed by atoms with Gasteiger partial charge in [-0.2, -0.15) is 0 Å². The van der Waals surface area contributed by atoms with Crippen LogP contribution in [-0.2, 0) is 11.3 Å². The van der Waals surface area contributed by atoms with Gasteiger partial charge in [0.15, 0.2) is 0 Å². The third kappa shape index (κ3) is 1.36. The minimum atomic E-state index is 0.0257. The molecule has 4 heteroatoms. The highest BCUT2D eigenvalue weighted by Gasteiger charge is 2.24. The lowest BCUT2D eigenvalue weighted by Gasteiger charge is -2.05. The molecule has 13 heavy (non-hydrogen) atoms. The molecule has 1 aromatic rings. The van der Waals surface area contributed by atoms with Crippen LogP contribution in [-0.4, -0.2) is 9.97 Å². The van der Waals surface area contributed by atoms with E-state index in [4.69, 9.17) is 10.5 Å². The number of aromatic amines is 1. The summed E-state index contributed by atoms with van der Waals surface area (Å²) in [5.41, 5.74) is 7.98. The molecule has 0 amide bonds. The van der Waals surface area contributed by atoms with Crippen molar-refractivity contribution in [3.63, 3.8) is 0 Å². The second-order valence-corrected chi connectivity index (χ2v) is 3.45. The zero-order valence-corrected chi connectivity index (χ0v) is 8.00. The van der Waals surface area contributed by atoms with Gasteiger partial charge >= 0.3 is 0 Å². The summed E-state index contributed by atoms with van der Waals surface area (Å²) in [5, 5.41) is 0. The first-order chi connectivity index (χ1) is 6.22. The van der Waals surface area contributed by atoms with Crippen molar-refractivity contribution in [3.8, 4) is 0 Å². The van der Waals surface area contributed by atoms with Crippen LogP contribution in [0.25, 0.3) is 0 Å². The van der Waals surface area contributed by atoms with E-state index in [1.807, 2.05) is 6.92 Å². The molecule has 2 atom stereocenters. The summed E-state index contributed by atoms with van der Waals surface area (Å²) in [6.45, 7) is 4.70. The van der Waals surface area contributed by atoms with Gasteiger partial charge in [-0.15, -0.1) is 0 Å². The highest BCUT2D eigenvalue weighted by molar-refractivity contribution is 5.20. The van der Waals surface area contributed by atoms with Gasteiger partial charge < -0.3 is 15.5 Å². The Labute approximate surface area is 77.5 Å². The second-order valence-electron chi connectivity index (χ2n) is 3.45. The number of hydrogen-bond acceptors (Lipinski definition) is 3. The molecule has 1 unspecified atom stereocenters. The number of nitrogens with one attached hydrogen (secondary N) is 1. The third-order valence-electron chi connectivity index (χ3n) is 2.48. The maximum absolute atomic E-state index is 5.87. The molecule has 72 valence electrons. The van der Waals surface area contributed by atoms with E-state index in [1.165, 1.54) is 0 Å². The van der Waals surface area contributed by atoms with Crippen molar-refractivity contribution in [2.45, 2.75) is 39.0 Å². The van der Waals surface area contributed by atoms with Crippen LogP contribution in [0.2, 0.25) is 0 Å². The van der Waals surface area contributed by atoms with Crippen LogP contribution >= 0.6 is 0 Å². The number of imidazole rings is 1. The van der Waals surface area contributed by atoms with Crippen LogP contribution in [0.3, 0.4) is 0 Å².